The first-order valence-corrected chi connectivity index (χ1v) is 5.39. The highest BCUT2D eigenvalue weighted by Crippen LogP contribution is 2.26. The van der Waals surface area contributed by atoms with E-state index in [9.17, 15) is 14.9 Å². The van der Waals surface area contributed by atoms with Crippen molar-refractivity contribution < 1.29 is 9.72 Å². The van der Waals surface area contributed by atoms with Gasteiger partial charge in [-0.25, -0.2) is 0 Å². The summed E-state index contributed by atoms with van der Waals surface area (Å²) in [5.74, 6) is -0.214. The summed E-state index contributed by atoms with van der Waals surface area (Å²) in [6.45, 7) is 7.09. The van der Waals surface area contributed by atoms with Crippen LogP contribution in [0.5, 0.6) is 0 Å². The summed E-state index contributed by atoms with van der Waals surface area (Å²) in [5.41, 5.74) is 2.10. The third kappa shape index (κ3) is 3.03. The monoisotopic (exact) mass is 236 g/mol. The van der Waals surface area contributed by atoms with Crippen molar-refractivity contribution >= 4 is 17.3 Å². The van der Waals surface area contributed by atoms with Gasteiger partial charge in [0.25, 0.3) is 5.69 Å². The van der Waals surface area contributed by atoms with Gasteiger partial charge in [-0.05, 0) is 25.0 Å². The van der Waals surface area contributed by atoms with Crippen molar-refractivity contribution in [3.8, 4) is 0 Å². The van der Waals surface area contributed by atoms with E-state index in [1.165, 1.54) is 12.1 Å². The van der Waals surface area contributed by atoms with Crippen LogP contribution >= 0.6 is 0 Å². The Morgan fingerprint density at radius 3 is 2.12 bits per heavy atom. The number of nitro benzene ring substituents is 1. The van der Waals surface area contributed by atoms with Crippen LogP contribution in [0.3, 0.4) is 0 Å². The van der Waals surface area contributed by atoms with Crippen LogP contribution in [0.4, 0.5) is 11.4 Å². The Kier molecular flexibility index (Phi) is 3.83. The Balaban J connectivity index is 3.10. The molecular weight excluding hydrogens is 220 g/mol. The predicted molar refractivity (Wildman–Crippen MR) is 66.0 cm³/mol. The summed E-state index contributed by atoms with van der Waals surface area (Å²) < 4.78 is 0. The minimum Gasteiger partial charge on any atom is -0.325 e. The first kappa shape index (κ1) is 13.2. The molecule has 0 spiro atoms. The predicted octanol–water partition coefficient (Wildman–Crippen LogP) is 2.81. The zero-order valence-electron chi connectivity index (χ0n) is 10.4. The Labute approximate surface area is 100.0 Å². The van der Waals surface area contributed by atoms with Gasteiger partial charge in [0.05, 0.1) is 4.92 Å². The van der Waals surface area contributed by atoms with E-state index in [0.717, 1.165) is 0 Å². The molecule has 0 radical (unpaired) electrons. The lowest BCUT2D eigenvalue weighted by molar-refractivity contribution is -0.384. The zero-order valence-corrected chi connectivity index (χ0v) is 10.4. The maximum absolute atomic E-state index is 11.6. The van der Waals surface area contributed by atoms with E-state index in [-0.39, 0.29) is 17.5 Å². The molecule has 0 bridgehead atoms. The topological polar surface area (TPSA) is 72.2 Å². The largest absolute Gasteiger partial charge is 0.325 e. The molecule has 0 saturated heterocycles. The van der Waals surface area contributed by atoms with E-state index in [2.05, 4.69) is 5.32 Å². The highest BCUT2D eigenvalue weighted by atomic mass is 16.6. The summed E-state index contributed by atoms with van der Waals surface area (Å²) >= 11 is 0. The number of rotatable bonds is 3. The Morgan fingerprint density at radius 2 is 1.76 bits per heavy atom. The lowest BCUT2D eigenvalue weighted by Gasteiger charge is -2.13. The van der Waals surface area contributed by atoms with E-state index in [0.29, 0.717) is 16.8 Å². The normalized spacial score (nSPS) is 10.4. The average Bonchev–Trinajstić information content (AvgIpc) is 2.22. The van der Waals surface area contributed by atoms with Gasteiger partial charge in [-0.15, -0.1) is 0 Å². The molecule has 0 saturated carbocycles. The van der Waals surface area contributed by atoms with Gasteiger partial charge in [0.2, 0.25) is 5.91 Å². The molecule has 0 fully saturated rings. The summed E-state index contributed by atoms with van der Waals surface area (Å²) in [7, 11) is 0. The van der Waals surface area contributed by atoms with Gasteiger partial charge in [0.1, 0.15) is 0 Å². The number of hydrogen-bond donors (Lipinski definition) is 1. The quantitative estimate of drug-likeness (QED) is 0.647. The molecule has 1 N–H and O–H groups in total. The van der Waals surface area contributed by atoms with E-state index in [4.69, 9.17) is 0 Å². The number of benzene rings is 1. The molecule has 5 nitrogen and oxygen atoms in total. The van der Waals surface area contributed by atoms with Crippen LogP contribution in [-0.2, 0) is 4.79 Å². The number of anilines is 1. The number of aryl methyl sites for hydroxylation is 2. The molecule has 0 aliphatic rings. The molecule has 0 unspecified atom stereocenters. The summed E-state index contributed by atoms with van der Waals surface area (Å²) in [6.07, 6.45) is 0. The maximum Gasteiger partial charge on any atom is 0.270 e. The SMILES string of the molecule is Cc1cc([N+](=O)[O-])cc(C)c1NC(=O)C(C)C. The smallest absolute Gasteiger partial charge is 0.270 e. The molecule has 0 aliphatic heterocycles. The second kappa shape index (κ2) is 4.95. The van der Waals surface area contributed by atoms with Crippen LogP contribution < -0.4 is 5.32 Å². The summed E-state index contributed by atoms with van der Waals surface area (Å²) in [4.78, 5) is 21.8. The zero-order chi connectivity index (χ0) is 13.2. The number of nitrogens with one attached hydrogen (secondary N) is 1. The minimum atomic E-state index is -0.436. The lowest BCUT2D eigenvalue weighted by Crippen LogP contribution is -2.19. The van der Waals surface area contributed by atoms with Crippen LogP contribution in [0.2, 0.25) is 0 Å². The van der Waals surface area contributed by atoms with E-state index in [1.807, 2.05) is 0 Å². The fourth-order valence-corrected chi connectivity index (χ4v) is 1.51. The van der Waals surface area contributed by atoms with Crippen LogP contribution in [0.1, 0.15) is 25.0 Å². The molecule has 1 aromatic carbocycles. The van der Waals surface area contributed by atoms with Gasteiger partial charge in [0.15, 0.2) is 0 Å². The Bertz CT molecular complexity index is 444. The number of hydrogen-bond acceptors (Lipinski definition) is 3. The van der Waals surface area contributed by atoms with Crippen molar-refractivity contribution in [3.05, 3.63) is 33.4 Å². The highest BCUT2D eigenvalue weighted by molar-refractivity contribution is 5.93. The maximum atomic E-state index is 11.6. The number of nitrogens with zero attached hydrogens (tertiary/aromatic N) is 1. The first-order chi connectivity index (χ1) is 7.82. The van der Waals surface area contributed by atoms with Gasteiger partial charge in [-0.2, -0.15) is 0 Å². The third-order valence-corrected chi connectivity index (χ3v) is 2.50. The third-order valence-electron chi connectivity index (χ3n) is 2.50. The summed E-state index contributed by atoms with van der Waals surface area (Å²) in [5, 5.41) is 13.4. The number of non-ortho nitro benzene ring substituents is 1. The Morgan fingerprint density at radius 1 is 1.29 bits per heavy atom. The molecule has 1 amide bonds. The van der Waals surface area contributed by atoms with Gasteiger partial charge >= 0.3 is 0 Å². The van der Waals surface area contributed by atoms with Crippen molar-refractivity contribution in [1.29, 1.82) is 0 Å². The van der Waals surface area contributed by atoms with Gasteiger partial charge in [-0.3, -0.25) is 14.9 Å². The van der Waals surface area contributed by atoms with Gasteiger partial charge < -0.3 is 5.32 Å². The molecule has 1 rings (SSSR count). The van der Waals surface area contributed by atoms with Crippen LogP contribution in [-0.4, -0.2) is 10.8 Å². The second-order valence-corrected chi connectivity index (χ2v) is 4.36. The molecule has 0 heterocycles. The molecule has 0 aliphatic carbocycles. The second-order valence-electron chi connectivity index (χ2n) is 4.36. The van der Waals surface area contributed by atoms with Crippen molar-refractivity contribution in [2.24, 2.45) is 5.92 Å². The van der Waals surface area contributed by atoms with Crippen LogP contribution in [0.25, 0.3) is 0 Å². The molecule has 0 atom stereocenters. The van der Waals surface area contributed by atoms with Crippen molar-refractivity contribution in [3.63, 3.8) is 0 Å². The standard InChI is InChI=1S/C12H16N2O3/c1-7(2)12(15)13-11-8(3)5-10(14(16)17)6-9(11)4/h5-7H,1-4H3,(H,13,15). The van der Waals surface area contributed by atoms with Crippen LogP contribution in [0.15, 0.2) is 12.1 Å². The van der Waals surface area contributed by atoms with Crippen molar-refractivity contribution in [2.75, 3.05) is 5.32 Å². The molecule has 92 valence electrons. The Hall–Kier alpha value is -1.91. The molecule has 1 aromatic rings. The lowest BCUT2D eigenvalue weighted by atomic mass is 10.1. The first-order valence-electron chi connectivity index (χ1n) is 5.39. The van der Waals surface area contributed by atoms with Crippen molar-refractivity contribution in [2.45, 2.75) is 27.7 Å². The average molecular weight is 236 g/mol. The van der Waals surface area contributed by atoms with Gasteiger partial charge in [-0.1, -0.05) is 13.8 Å². The fourth-order valence-electron chi connectivity index (χ4n) is 1.51. The molecular formula is C12H16N2O3. The van der Waals surface area contributed by atoms with Crippen LogP contribution in [0, 0.1) is 29.9 Å². The number of nitro groups is 1. The van der Waals surface area contributed by atoms with E-state index < -0.39 is 4.92 Å². The summed E-state index contributed by atoms with van der Waals surface area (Å²) in [6, 6.07) is 2.92. The molecule has 0 aromatic heterocycles. The highest BCUT2D eigenvalue weighted by Gasteiger charge is 2.15. The van der Waals surface area contributed by atoms with Crippen molar-refractivity contribution in [1.82, 2.24) is 0 Å². The number of amides is 1. The fraction of sp³-hybridized carbons (Fsp3) is 0.417. The molecule has 17 heavy (non-hydrogen) atoms. The van der Waals surface area contributed by atoms with Gasteiger partial charge in [0, 0.05) is 23.7 Å². The van der Waals surface area contributed by atoms with E-state index >= 15 is 0 Å². The number of carbonyl (C=O) groups excluding carboxylic acids is 1. The molecule has 5 heteroatoms. The van der Waals surface area contributed by atoms with E-state index in [1.54, 1.807) is 27.7 Å². The number of carbonyl (C=O) groups is 1. The minimum absolute atomic E-state index is 0.0440.